The number of hydrogen-bond donors (Lipinski definition) is 1. The quantitative estimate of drug-likeness (QED) is 0.575. The molecule has 2 heterocycles. The van der Waals surface area contributed by atoms with Crippen LogP contribution in [0.1, 0.15) is 11.4 Å². The third kappa shape index (κ3) is 2.77. The van der Waals surface area contributed by atoms with E-state index in [1.807, 2.05) is 13.1 Å². The van der Waals surface area contributed by atoms with Crippen molar-refractivity contribution >= 4 is 22.4 Å². The molecule has 9 heteroatoms. The van der Waals surface area contributed by atoms with Gasteiger partial charge < -0.3 is 9.88 Å². The molecule has 0 fully saturated rings. The summed E-state index contributed by atoms with van der Waals surface area (Å²) >= 11 is 0. The third-order valence-electron chi connectivity index (χ3n) is 3.36. The molecule has 3 aromatic rings. The van der Waals surface area contributed by atoms with Crippen LogP contribution in [0.3, 0.4) is 0 Å². The molecule has 0 amide bonds. The summed E-state index contributed by atoms with van der Waals surface area (Å²) in [6, 6.07) is 7.85. The van der Waals surface area contributed by atoms with E-state index in [-0.39, 0.29) is 5.69 Å². The zero-order valence-corrected chi connectivity index (χ0v) is 12.1. The average molecular weight is 309 g/mol. The maximum atomic E-state index is 10.9. The maximum absolute atomic E-state index is 10.9. The van der Waals surface area contributed by atoms with Crippen LogP contribution in [-0.2, 0) is 13.6 Å². The largest absolute Gasteiger partial charge is 0.363 e. The topological polar surface area (TPSA) is 123 Å². The molecule has 23 heavy (non-hydrogen) atoms. The van der Waals surface area contributed by atoms with Crippen LogP contribution in [0.2, 0.25) is 0 Å². The summed E-state index contributed by atoms with van der Waals surface area (Å²) in [5, 5.41) is 31.4. The molecule has 0 unspecified atom stereocenters. The molecule has 0 radical (unpaired) electrons. The predicted octanol–water partition coefficient (Wildman–Crippen LogP) is 1.76. The fraction of sp³-hybridized carbons (Fsp3) is 0.143. The summed E-state index contributed by atoms with van der Waals surface area (Å²) in [6.45, 7) is 0.396. The van der Waals surface area contributed by atoms with Crippen molar-refractivity contribution in [1.82, 2.24) is 19.7 Å². The predicted molar refractivity (Wildman–Crippen MR) is 81.4 cm³/mol. The molecule has 3 rings (SSSR count). The fourth-order valence-corrected chi connectivity index (χ4v) is 2.15. The monoisotopic (exact) mass is 309 g/mol. The van der Waals surface area contributed by atoms with E-state index in [0.717, 1.165) is 0 Å². The molecule has 0 aliphatic heterocycles. The van der Waals surface area contributed by atoms with Crippen molar-refractivity contribution in [2.45, 2.75) is 6.54 Å². The molecule has 0 atom stereocenters. The first-order valence-electron chi connectivity index (χ1n) is 6.64. The van der Waals surface area contributed by atoms with Gasteiger partial charge >= 0.3 is 0 Å². The van der Waals surface area contributed by atoms with Gasteiger partial charge in [0.25, 0.3) is 5.69 Å². The lowest BCUT2D eigenvalue weighted by atomic mass is 10.1. The van der Waals surface area contributed by atoms with E-state index in [1.54, 1.807) is 17.0 Å². The van der Waals surface area contributed by atoms with Crippen LogP contribution in [0, 0.1) is 21.4 Å². The van der Waals surface area contributed by atoms with Crippen LogP contribution < -0.4 is 5.32 Å². The van der Waals surface area contributed by atoms with Gasteiger partial charge in [-0.1, -0.05) is 0 Å². The Kier molecular flexibility index (Phi) is 3.56. The second-order valence-electron chi connectivity index (χ2n) is 4.84. The van der Waals surface area contributed by atoms with Gasteiger partial charge in [0.05, 0.1) is 28.6 Å². The molecule has 1 N–H and O–H groups in total. The number of rotatable bonds is 4. The number of hydrogen-bond acceptors (Lipinski definition) is 7. The molecule has 0 aliphatic rings. The standard InChI is InChI=1S/C14H11N7O2/c1-20-8-17-19-14(20)7-16-13-4-9(6-15)11-5-10(21(22)23)2-3-12(11)18-13/h2-5,8H,7H2,1H3,(H,16,18). The van der Waals surface area contributed by atoms with Gasteiger partial charge in [-0.25, -0.2) is 4.98 Å². The number of nitrogens with zero attached hydrogens (tertiary/aromatic N) is 6. The number of aryl methyl sites for hydroxylation is 1. The van der Waals surface area contributed by atoms with Crippen LogP contribution in [0.25, 0.3) is 10.9 Å². The van der Waals surface area contributed by atoms with E-state index in [0.29, 0.717) is 34.7 Å². The van der Waals surface area contributed by atoms with Crippen LogP contribution in [0.5, 0.6) is 0 Å². The van der Waals surface area contributed by atoms with E-state index >= 15 is 0 Å². The minimum Gasteiger partial charge on any atom is -0.363 e. The molecular weight excluding hydrogens is 298 g/mol. The first kappa shape index (κ1) is 14.4. The smallest absolute Gasteiger partial charge is 0.270 e. The zero-order valence-electron chi connectivity index (χ0n) is 12.1. The van der Waals surface area contributed by atoms with Crippen molar-refractivity contribution in [3.63, 3.8) is 0 Å². The second kappa shape index (κ2) is 5.69. The van der Waals surface area contributed by atoms with E-state index in [1.165, 1.54) is 18.2 Å². The van der Waals surface area contributed by atoms with Crippen molar-refractivity contribution in [1.29, 1.82) is 5.26 Å². The highest BCUT2D eigenvalue weighted by atomic mass is 16.6. The van der Waals surface area contributed by atoms with Gasteiger partial charge in [-0.05, 0) is 12.1 Å². The highest BCUT2D eigenvalue weighted by Gasteiger charge is 2.12. The number of nitriles is 1. The SMILES string of the molecule is Cn1cnnc1CNc1cc(C#N)c2cc([N+](=O)[O-])ccc2n1. The van der Waals surface area contributed by atoms with Gasteiger partial charge in [-0.3, -0.25) is 10.1 Å². The average Bonchev–Trinajstić information content (AvgIpc) is 2.96. The van der Waals surface area contributed by atoms with Crippen LogP contribution >= 0.6 is 0 Å². The number of anilines is 1. The molecule has 2 aromatic heterocycles. The summed E-state index contributed by atoms with van der Waals surface area (Å²) in [5.41, 5.74) is 0.755. The Morgan fingerprint density at radius 3 is 2.91 bits per heavy atom. The third-order valence-corrected chi connectivity index (χ3v) is 3.36. The first-order chi connectivity index (χ1) is 11.1. The Hall–Kier alpha value is -3.54. The van der Waals surface area contributed by atoms with E-state index in [9.17, 15) is 15.4 Å². The molecule has 0 saturated heterocycles. The fourth-order valence-electron chi connectivity index (χ4n) is 2.15. The number of nitro groups is 1. The Morgan fingerprint density at radius 1 is 1.43 bits per heavy atom. The molecule has 0 spiro atoms. The van der Waals surface area contributed by atoms with Crippen LogP contribution in [0.4, 0.5) is 11.5 Å². The molecule has 114 valence electrons. The number of non-ortho nitro benzene ring substituents is 1. The Bertz CT molecular complexity index is 942. The lowest BCUT2D eigenvalue weighted by molar-refractivity contribution is -0.384. The number of benzene rings is 1. The Morgan fingerprint density at radius 2 is 2.26 bits per heavy atom. The van der Waals surface area contributed by atoms with Gasteiger partial charge in [0.1, 0.15) is 12.1 Å². The summed E-state index contributed by atoms with van der Waals surface area (Å²) in [4.78, 5) is 14.7. The van der Waals surface area contributed by atoms with E-state index < -0.39 is 4.92 Å². The highest BCUT2D eigenvalue weighted by molar-refractivity contribution is 5.88. The Labute approximate surface area is 130 Å². The van der Waals surface area contributed by atoms with Crippen LogP contribution in [0.15, 0.2) is 30.6 Å². The van der Waals surface area contributed by atoms with Crippen molar-refractivity contribution in [3.8, 4) is 6.07 Å². The molecule has 0 bridgehead atoms. The number of nitrogens with one attached hydrogen (secondary N) is 1. The van der Waals surface area contributed by atoms with Gasteiger partial charge in [0.15, 0.2) is 5.82 Å². The second-order valence-corrected chi connectivity index (χ2v) is 4.84. The number of aromatic nitrogens is 4. The van der Waals surface area contributed by atoms with Crippen molar-refractivity contribution in [2.24, 2.45) is 7.05 Å². The minimum absolute atomic E-state index is 0.0735. The summed E-state index contributed by atoms with van der Waals surface area (Å²) in [5.74, 6) is 1.21. The first-order valence-corrected chi connectivity index (χ1v) is 6.64. The molecule has 0 saturated carbocycles. The van der Waals surface area contributed by atoms with Crippen LogP contribution in [-0.4, -0.2) is 24.7 Å². The molecule has 0 aliphatic carbocycles. The summed E-state index contributed by atoms with van der Waals surface area (Å²) < 4.78 is 1.77. The minimum atomic E-state index is -0.499. The normalized spacial score (nSPS) is 10.4. The van der Waals surface area contributed by atoms with Gasteiger partial charge in [-0.15, -0.1) is 10.2 Å². The molecular formula is C14H11N7O2. The van der Waals surface area contributed by atoms with E-state index in [4.69, 9.17) is 0 Å². The number of pyridine rings is 1. The van der Waals surface area contributed by atoms with Crippen molar-refractivity contribution < 1.29 is 4.92 Å². The molecule has 1 aromatic carbocycles. The van der Waals surface area contributed by atoms with Crippen molar-refractivity contribution in [3.05, 3.63) is 52.1 Å². The van der Waals surface area contributed by atoms with E-state index in [2.05, 4.69) is 20.5 Å². The highest BCUT2D eigenvalue weighted by Crippen LogP contribution is 2.25. The summed E-state index contributed by atoms with van der Waals surface area (Å²) in [6.07, 6.45) is 1.59. The number of nitro benzene ring substituents is 1. The van der Waals surface area contributed by atoms with Gasteiger partial charge in [0, 0.05) is 24.6 Å². The lowest BCUT2D eigenvalue weighted by Gasteiger charge is -2.07. The lowest BCUT2D eigenvalue weighted by Crippen LogP contribution is -2.07. The number of fused-ring (bicyclic) bond motifs is 1. The zero-order chi connectivity index (χ0) is 16.4. The Balaban J connectivity index is 1.97. The summed E-state index contributed by atoms with van der Waals surface area (Å²) in [7, 11) is 1.82. The molecule has 9 nitrogen and oxygen atoms in total. The van der Waals surface area contributed by atoms with Gasteiger partial charge in [-0.2, -0.15) is 5.26 Å². The van der Waals surface area contributed by atoms with Crippen molar-refractivity contribution in [2.75, 3.05) is 5.32 Å². The van der Waals surface area contributed by atoms with Gasteiger partial charge in [0.2, 0.25) is 0 Å². The maximum Gasteiger partial charge on any atom is 0.270 e.